The van der Waals surface area contributed by atoms with Gasteiger partial charge in [0.1, 0.15) is 5.97 Å². The largest absolute Gasteiger partial charge is 0.662 e. The van der Waals surface area contributed by atoms with E-state index in [0.29, 0.717) is 6.42 Å². The summed E-state index contributed by atoms with van der Waals surface area (Å²) in [6.07, 6.45) is 0.660. The molecular formula is C5H6O4Y-2. The van der Waals surface area contributed by atoms with Crippen LogP contribution >= 0.6 is 0 Å². The van der Waals surface area contributed by atoms with Crippen LogP contribution in [0.3, 0.4) is 0 Å². The topological polar surface area (TPSA) is 52.6 Å². The minimum absolute atomic E-state index is 0. The molecular weight excluding hydrogens is 213 g/mol. The van der Waals surface area contributed by atoms with Crippen molar-refractivity contribution in [3.63, 3.8) is 0 Å². The third kappa shape index (κ3) is 6.04. The molecule has 10 heavy (non-hydrogen) atoms. The molecule has 0 aromatic carbocycles. The maximum atomic E-state index is 10.2. The first-order chi connectivity index (χ1) is 4.20. The van der Waals surface area contributed by atoms with Crippen molar-refractivity contribution in [3.05, 3.63) is 13.5 Å². The maximum absolute atomic E-state index is 10.2. The van der Waals surface area contributed by atoms with Crippen LogP contribution in [0.5, 0.6) is 0 Å². The van der Waals surface area contributed by atoms with Gasteiger partial charge in [0.05, 0.1) is 7.11 Å². The molecule has 0 heterocycles. The van der Waals surface area contributed by atoms with E-state index in [1.807, 2.05) is 0 Å². The van der Waals surface area contributed by atoms with Crippen LogP contribution < -0.4 is 0 Å². The Hall–Kier alpha value is -0.0861. The van der Waals surface area contributed by atoms with Crippen LogP contribution in [-0.2, 0) is 51.8 Å². The summed E-state index contributed by atoms with van der Waals surface area (Å²) >= 11 is 0. The first kappa shape index (κ1) is 12.6. The van der Waals surface area contributed by atoms with Crippen molar-refractivity contribution in [2.24, 2.45) is 0 Å². The predicted octanol–water partition coefficient (Wildman–Crippen LogP) is -0.304. The summed E-state index contributed by atoms with van der Waals surface area (Å²) in [7, 11) is 3.95. The van der Waals surface area contributed by atoms with Gasteiger partial charge in [0, 0.05) is 32.7 Å². The van der Waals surface area contributed by atoms with Gasteiger partial charge in [-0.3, -0.25) is 9.59 Å². The summed E-state index contributed by atoms with van der Waals surface area (Å²) in [5, 5.41) is 0. The molecule has 5 heteroatoms. The summed E-state index contributed by atoms with van der Waals surface area (Å²) in [6, 6.07) is 0. The Kier molecular flexibility index (Phi) is 8.84. The Morgan fingerprint density at radius 1 is 1.40 bits per heavy atom. The molecule has 1 radical (unpaired) electrons. The van der Waals surface area contributed by atoms with Crippen molar-refractivity contribution in [3.8, 4) is 0 Å². The van der Waals surface area contributed by atoms with Crippen molar-refractivity contribution < 1.29 is 51.8 Å². The maximum Gasteiger partial charge on any atom is 0.176 e. The molecule has 4 nitrogen and oxygen atoms in total. The van der Waals surface area contributed by atoms with E-state index in [0.717, 1.165) is 7.11 Å². The summed E-state index contributed by atoms with van der Waals surface area (Å²) < 4.78 is 7.98. The van der Waals surface area contributed by atoms with E-state index in [1.165, 1.54) is 0 Å². The van der Waals surface area contributed by atoms with Crippen molar-refractivity contribution in [2.45, 2.75) is 0 Å². The number of carbonyl (C=O) groups excluding carboxylic acids is 2. The summed E-state index contributed by atoms with van der Waals surface area (Å²) in [5.41, 5.74) is 0. The van der Waals surface area contributed by atoms with E-state index in [4.69, 9.17) is 0 Å². The van der Waals surface area contributed by atoms with E-state index in [9.17, 15) is 9.59 Å². The number of esters is 2. The molecule has 0 bridgehead atoms. The van der Waals surface area contributed by atoms with Gasteiger partial charge in [0.25, 0.3) is 0 Å². The molecule has 0 fully saturated rings. The molecule has 0 aliphatic heterocycles. The van der Waals surface area contributed by atoms with Crippen LogP contribution in [0.4, 0.5) is 0 Å². The average molecular weight is 219 g/mol. The van der Waals surface area contributed by atoms with Gasteiger partial charge < -0.3 is 9.47 Å². The van der Waals surface area contributed by atoms with Gasteiger partial charge in [-0.1, -0.05) is 0 Å². The zero-order chi connectivity index (χ0) is 7.28. The van der Waals surface area contributed by atoms with Crippen LogP contribution in [0.15, 0.2) is 0 Å². The number of hydrogen-bond acceptors (Lipinski definition) is 4. The SMILES string of the molecule is [CH2-]OC(=O)[CH-]C(=O)OC.[Y]. The van der Waals surface area contributed by atoms with Gasteiger partial charge in [-0.25, -0.2) is 0 Å². The Balaban J connectivity index is 0. The first-order valence-corrected chi connectivity index (χ1v) is 2.09. The minimum atomic E-state index is -0.818. The quantitative estimate of drug-likeness (QED) is 0.363. The zero-order valence-electron chi connectivity index (χ0n) is 5.49. The summed E-state index contributed by atoms with van der Waals surface area (Å²) in [4.78, 5) is 20.3. The second-order valence-corrected chi connectivity index (χ2v) is 1.13. The Bertz CT molecular complexity index is 109. The molecule has 0 N–H and O–H groups in total. The Morgan fingerprint density at radius 2 is 1.90 bits per heavy atom. The van der Waals surface area contributed by atoms with E-state index < -0.39 is 11.9 Å². The van der Waals surface area contributed by atoms with Crippen LogP contribution in [0.1, 0.15) is 0 Å². The molecule has 0 aromatic rings. The van der Waals surface area contributed by atoms with Crippen LogP contribution in [0.2, 0.25) is 0 Å². The minimum Gasteiger partial charge on any atom is -0.662 e. The fraction of sp³-hybridized carbons (Fsp3) is 0.200. The molecule has 55 valence electrons. The third-order valence-electron chi connectivity index (χ3n) is 0.579. The third-order valence-corrected chi connectivity index (χ3v) is 0.579. The molecule has 0 atom stereocenters. The van der Waals surface area contributed by atoms with Gasteiger partial charge in [0.15, 0.2) is 5.97 Å². The van der Waals surface area contributed by atoms with Crippen LogP contribution in [-0.4, -0.2) is 19.0 Å². The molecule has 0 aromatic heterocycles. The van der Waals surface area contributed by atoms with Crippen molar-refractivity contribution in [1.82, 2.24) is 0 Å². The van der Waals surface area contributed by atoms with E-state index >= 15 is 0 Å². The van der Waals surface area contributed by atoms with E-state index in [2.05, 4.69) is 16.6 Å². The number of rotatable bonds is 2. The standard InChI is InChI=1S/C5H6O4.Y/c1-8-4(6)3-5(7)9-2;/h3H,1H2,2H3;/q-2;. The van der Waals surface area contributed by atoms with Crippen molar-refractivity contribution in [1.29, 1.82) is 0 Å². The number of methoxy groups -OCH3 is 1. The predicted molar refractivity (Wildman–Crippen MR) is 27.8 cm³/mol. The molecule has 0 amide bonds. The number of ether oxygens (including phenoxy) is 2. The van der Waals surface area contributed by atoms with Gasteiger partial charge in [-0.15, -0.1) is 0 Å². The van der Waals surface area contributed by atoms with Crippen LogP contribution in [0.25, 0.3) is 0 Å². The monoisotopic (exact) mass is 219 g/mol. The van der Waals surface area contributed by atoms with E-state index in [-0.39, 0.29) is 32.7 Å². The Labute approximate surface area is 84.1 Å². The fourth-order valence-electron chi connectivity index (χ4n) is 0.197. The Morgan fingerprint density at radius 3 is 2.20 bits per heavy atom. The smallest absolute Gasteiger partial charge is 0.176 e. The van der Waals surface area contributed by atoms with Gasteiger partial charge in [-0.2, -0.15) is 13.5 Å². The normalized spacial score (nSPS) is 7.00. The molecule has 0 aliphatic carbocycles. The van der Waals surface area contributed by atoms with Gasteiger partial charge in [0.2, 0.25) is 0 Å². The first-order valence-electron chi connectivity index (χ1n) is 2.09. The molecule has 0 rings (SSSR count). The zero-order valence-corrected chi connectivity index (χ0v) is 8.33. The van der Waals surface area contributed by atoms with Crippen molar-refractivity contribution in [2.75, 3.05) is 7.11 Å². The fourth-order valence-corrected chi connectivity index (χ4v) is 0.197. The molecule has 0 saturated heterocycles. The van der Waals surface area contributed by atoms with Gasteiger partial charge >= 0.3 is 0 Å². The summed E-state index contributed by atoms with van der Waals surface area (Å²) in [6.45, 7) is 0. The molecule has 0 spiro atoms. The second kappa shape index (κ2) is 7.03. The number of hydrogen-bond donors (Lipinski definition) is 0. The summed E-state index contributed by atoms with van der Waals surface area (Å²) in [5.74, 6) is -1.56. The van der Waals surface area contributed by atoms with Gasteiger partial charge in [-0.05, 0) is 0 Å². The molecule has 0 saturated carbocycles. The van der Waals surface area contributed by atoms with E-state index in [1.54, 1.807) is 0 Å². The van der Waals surface area contributed by atoms with Crippen molar-refractivity contribution >= 4 is 11.9 Å². The average Bonchev–Trinajstić information content (AvgIpc) is 1.87. The molecule has 0 aliphatic rings. The number of carbonyl (C=O) groups is 2. The second-order valence-electron chi connectivity index (χ2n) is 1.13. The molecule has 0 unspecified atom stereocenters. The van der Waals surface area contributed by atoms with Crippen LogP contribution in [0, 0.1) is 13.5 Å².